The van der Waals surface area contributed by atoms with Crippen molar-refractivity contribution in [2.24, 2.45) is 5.41 Å². The van der Waals surface area contributed by atoms with Gasteiger partial charge in [-0.05, 0) is 25.2 Å². The average molecular weight is 269 g/mol. The number of carbonyl (C=O) groups excluding carboxylic acids is 3. The maximum atomic E-state index is 11.9. The van der Waals surface area contributed by atoms with E-state index < -0.39 is 5.97 Å². The van der Waals surface area contributed by atoms with Gasteiger partial charge in [0.1, 0.15) is 6.42 Å². The van der Waals surface area contributed by atoms with E-state index in [-0.39, 0.29) is 36.7 Å². The number of ether oxygens (including phenoxy) is 1. The first-order chi connectivity index (χ1) is 8.84. The molecule has 19 heavy (non-hydrogen) atoms. The lowest BCUT2D eigenvalue weighted by Crippen LogP contribution is -2.36. The van der Waals surface area contributed by atoms with E-state index in [1.165, 1.54) is 0 Å². The molecule has 1 aliphatic heterocycles. The van der Waals surface area contributed by atoms with Crippen LogP contribution in [0.1, 0.15) is 46.5 Å². The van der Waals surface area contributed by atoms with E-state index in [1.807, 2.05) is 0 Å². The van der Waals surface area contributed by atoms with Crippen LogP contribution in [0.15, 0.2) is 0 Å². The summed E-state index contributed by atoms with van der Waals surface area (Å²) in [5.41, 5.74) is 0.134. The first-order valence-corrected chi connectivity index (χ1v) is 6.79. The lowest BCUT2D eigenvalue weighted by atomic mass is 9.85. The third-order valence-corrected chi connectivity index (χ3v) is 3.44. The first kappa shape index (κ1) is 15.7. The highest BCUT2D eigenvalue weighted by Crippen LogP contribution is 2.30. The summed E-state index contributed by atoms with van der Waals surface area (Å²) in [5.74, 6) is -0.774. The van der Waals surface area contributed by atoms with E-state index in [1.54, 1.807) is 11.8 Å². The summed E-state index contributed by atoms with van der Waals surface area (Å²) in [6, 6.07) is 0. The molecule has 1 amide bonds. The molecule has 0 saturated carbocycles. The summed E-state index contributed by atoms with van der Waals surface area (Å²) in [4.78, 5) is 36.4. The van der Waals surface area contributed by atoms with Gasteiger partial charge in [-0.25, -0.2) is 0 Å². The topological polar surface area (TPSA) is 63.7 Å². The second-order valence-electron chi connectivity index (χ2n) is 5.75. The number of rotatable bonds is 5. The van der Waals surface area contributed by atoms with Crippen LogP contribution in [-0.4, -0.2) is 42.3 Å². The van der Waals surface area contributed by atoms with Gasteiger partial charge in [-0.2, -0.15) is 0 Å². The van der Waals surface area contributed by atoms with Gasteiger partial charge in [-0.15, -0.1) is 0 Å². The molecule has 108 valence electrons. The summed E-state index contributed by atoms with van der Waals surface area (Å²) < 4.78 is 4.72. The van der Waals surface area contributed by atoms with E-state index in [0.717, 1.165) is 12.8 Å². The molecule has 0 spiro atoms. The second kappa shape index (κ2) is 6.68. The molecule has 0 unspecified atom stereocenters. The predicted octanol–water partition coefficient (Wildman–Crippen LogP) is 1.55. The largest absolute Gasteiger partial charge is 0.466 e. The molecule has 0 atom stereocenters. The van der Waals surface area contributed by atoms with Crippen molar-refractivity contribution in [1.82, 2.24) is 4.90 Å². The number of hydrogen-bond acceptors (Lipinski definition) is 4. The Kier molecular flexibility index (Phi) is 5.51. The van der Waals surface area contributed by atoms with E-state index in [4.69, 9.17) is 4.74 Å². The maximum Gasteiger partial charge on any atom is 0.313 e. The fourth-order valence-corrected chi connectivity index (χ4v) is 2.10. The van der Waals surface area contributed by atoms with Crippen LogP contribution in [0.5, 0.6) is 0 Å². The Morgan fingerprint density at radius 1 is 1.32 bits per heavy atom. The number of esters is 1. The van der Waals surface area contributed by atoms with Crippen molar-refractivity contribution in [3.05, 3.63) is 0 Å². The van der Waals surface area contributed by atoms with E-state index in [2.05, 4.69) is 13.8 Å². The van der Waals surface area contributed by atoms with Crippen molar-refractivity contribution in [2.45, 2.75) is 46.5 Å². The molecular formula is C14H23NO4. The van der Waals surface area contributed by atoms with E-state index in [9.17, 15) is 14.4 Å². The van der Waals surface area contributed by atoms with Gasteiger partial charge in [0, 0.05) is 13.0 Å². The smallest absolute Gasteiger partial charge is 0.313 e. The fraction of sp³-hybridized carbons (Fsp3) is 0.786. The summed E-state index contributed by atoms with van der Waals surface area (Å²) in [5, 5.41) is 0. The number of carbonyl (C=O) groups is 3. The van der Waals surface area contributed by atoms with Gasteiger partial charge in [0.2, 0.25) is 5.91 Å². The average Bonchev–Trinajstić information content (AvgIpc) is 2.42. The molecule has 5 heteroatoms. The van der Waals surface area contributed by atoms with Gasteiger partial charge in [-0.3, -0.25) is 14.4 Å². The summed E-state index contributed by atoms with van der Waals surface area (Å²) >= 11 is 0. The number of likely N-dealkylation sites (tertiary alicyclic amines) is 1. The standard InChI is InChI=1S/C14H23NO4/c1-4-19-13(18)9-11(16)10-15-8-7-14(2,3)6-5-12(15)17/h4-10H2,1-3H3. The lowest BCUT2D eigenvalue weighted by molar-refractivity contribution is -0.147. The highest BCUT2D eigenvalue weighted by Gasteiger charge is 2.28. The Balaban J connectivity index is 2.49. The van der Waals surface area contributed by atoms with Crippen LogP contribution < -0.4 is 0 Å². The number of nitrogens with zero attached hydrogens (tertiary/aromatic N) is 1. The Hall–Kier alpha value is -1.39. The van der Waals surface area contributed by atoms with Crippen LogP contribution in [0, 0.1) is 5.41 Å². The zero-order valence-electron chi connectivity index (χ0n) is 12.0. The molecule has 1 heterocycles. The predicted molar refractivity (Wildman–Crippen MR) is 70.5 cm³/mol. The quantitative estimate of drug-likeness (QED) is 0.561. The normalized spacial score (nSPS) is 18.9. The van der Waals surface area contributed by atoms with Crippen LogP contribution in [-0.2, 0) is 19.1 Å². The molecule has 1 rings (SSSR count). The Morgan fingerprint density at radius 3 is 2.63 bits per heavy atom. The zero-order chi connectivity index (χ0) is 14.5. The van der Waals surface area contributed by atoms with Crippen LogP contribution in [0.4, 0.5) is 0 Å². The van der Waals surface area contributed by atoms with Gasteiger partial charge in [0.05, 0.1) is 13.2 Å². The van der Waals surface area contributed by atoms with Crippen LogP contribution in [0.2, 0.25) is 0 Å². The van der Waals surface area contributed by atoms with Crippen molar-refractivity contribution in [3.63, 3.8) is 0 Å². The lowest BCUT2D eigenvalue weighted by Gasteiger charge is -2.22. The van der Waals surface area contributed by atoms with Gasteiger partial charge in [0.25, 0.3) is 0 Å². The molecule has 0 aromatic carbocycles. The highest BCUT2D eigenvalue weighted by molar-refractivity contribution is 5.98. The molecule has 1 fully saturated rings. The van der Waals surface area contributed by atoms with Crippen molar-refractivity contribution < 1.29 is 19.1 Å². The van der Waals surface area contributed by atoms with Crippen molar-refractivity contribution >= 4 is 17.7 Å². The molecule has 5 nitrogen and oxygen atoms in total. The van der Waals surface area contributed by atoms with Gasteiger partial charge >= 0.3 is 5.97 Å². The molecular weight excluding hydrogens is 246 g/mol. The minimum Gasteiger partial charge on any atom is -0.466 e. The van der Waals surface area contributed by atoms with Gasteiger partial charge in [-0.1, -0.05) is 13.8 Å². The number of hydrogen-bond donors (Lipinski definition) is 0. The third-order valence-electron chi connectivity index (χ3n) is 3.44. The van der Waals surface area contributed by atoms with Crippen molar-refractivity contribution in [3.8, 4) is 0 Å². The molecule has 0 N–H and O–H groups in total. The van der Waals surface area contributed by atoms with Gasteiger partial charge in [0.15, 0.2) is 5.78 Å². The molecule has 1 saturated heterocycles. The number of Topliss-reactive ketones (excluding diaryl/α,β-unsaturated/α-hetero) is 1. The second-order valence-corrected chi connectivity index (χ2v) is 5.75. The molecule has 0 bridgehead atoms. The van der Waals surface area contributed by atoms with Gasteiger partial charge < -0.3 is 9.64 Å². The zero-order valence-corrected chi connectivity index (χ0v) is 12.0. The highest BCUT2D eigenvalue weighted by atomic mass is 16.5. The summed E-state index contributed by atoms with van der Waals surface area (Å²) in [6.45, 7) is 6.83. The SMILES string of the molecule is CCOC(=O)CC(=O)CN1CCC(C)(C)CCC1=O. The first-order valence-electron chi connectivity index (χ1n) is 6.79. The fourth-order valence-electron chi connectivity index (χ4n) is 2.10. The minimum absolute atomic E-state index is 0.00258. The molecule has 1 aliphatic rings. The minimum atomic E-state index is -0.518. The molecule has 0 radical (unpaired) electrons. The Morgan fingerprint density at radius 2 is 2.00 bits per heavy atom. The summed E-state index contributed by atoms with van der Waals surface area (Å²) in [7, 11) is 0. The molecule has 0 aromatic heterocycles. The van der Waals surface area contributed by atoms with E-state index in [0.29, 0.717) is 13.0 Å². The maximum absolute atomic E-state index is 11.9. The van der Waals surface area contributed by atoms with Crippen LogP contribution in [0.3, 0.4) is 0 Å². The number of amides is 1. The van der Waals surface area contributed by atoms with Crippen molar-refractivity contribution in [1.29, 1.82) is 0 Å². The Bertz CT molecular complexity index is 362. The Labute approximate surface area is 114 Å². The molecule has 0 aromatic rings. The summed E-state index contributed by atoms with van der Waals surface area (Å²) in [6.07, 6.45) is 1.94. The van der Waals surface area contributed by atoms with E-state index >= 15 is 0 Å². The third kappa shape index (κ3) is 5.41. The van der Waals surface area contributed by atoms with Crippen LogP contribution in [0.25, 0.3) is 0 Å². The molecule has 0 aliphatic carbocycles. The van der Waals surface area contributed by atoms with Crippen molar-refractivity contribution in [2.75, 3.05) is 19.7 Å². The van der Waals surface area contributed by atoms with Crippen LogP contribution >= 0.6 is 0 Å². The monoisotopic (exact) mass is 269 g/mol. The number of ketones is 1.